The molecule has 2 aliphatic rings. The molecular formula is C22H21N3OS. The lowest BCUT2D eigenvalue weighted by molar-refractivity contribution is -0.0349. The molecule has 2 N–H and O–H groups in total. The van der Waals surface area contributed by atoms with Crippen molar-refractivity contribution in [1.29, 1.82) is 0 Å². The number of fused-ring (bicyclic) bond motifs is 2. The third kappa shape index (κ3) is 3.02. The predicted octanol–water partition coefficient (Wildman–Crippen LogP) is 4.97. The number of nitrogens with one attached hydrogen (secondary N) is 2. The van der Waals surface area contributed by atoms with Gasteiger partial charge in [-0.25, -0.2) is 0 Å². The van der Waals surface area contributed by atoms with Crippen LogP contribution in [0, 0.1) is 0 Å². The molecule has 1 aliphatic heterocycles. The minimum absolute atomic E-state index is 0.0228. The number of nitrogens with zero attached hydrogens (tertiary/aromatic N) is 1. The van der Waals surface area contributed by atoms with Crippen LogP contribution >= 0.6 is 12.2 Å². The first-order valence-corrected chi connectivity index (χ1v) is 9.82. The molecule has 0 radical (unpaired) electrons. The Morgan fingerprint density at radius 3 is 2.85 bits per heavy atom. The first-order valence-electron chi connectivity index (χ1n) is 9.41. The highest BCUT2D eigenvalue weighted by Crippen LogP contribution is 2.48. The van der Waals surface area contributed by atoms with E-state index in [2.05, 4.69) is 39.9 Å². The summed E-state index contributed by atoms with van der Waals surface area (Å²) in [6.45, 7) is 0. The lowest BCUT2D eigenvalue weighted by atomic mass is 9.73. The second-order valence-corrected chi connectivity index (χ2v) is 7.84. The Kier molecular flexibility index (Phi) is 3.97. The molecule has 27 heavy (non-hydrogen) atoms. The minimum atomic E-state index is -0.0228. The average Bonchev–Trinajstić information content (AvgIpc) is 2.67. The Morgan fingerprint density at radius 1 is 1.11 bits per heavy atom. The Labute approximate surface area is 164 Å². The summed E-state index contributed by atoms with van der Waals surface area (Å²) in [5.74, 6) is 0.984. The molecule has 0 saturated heterocycles. The first kappa shape index (κ1) is 16.5. The quantitative estimate of drug-likeness (QED) is 0.620. The third-order valence-electron chi connectivity index (χ3n) is 5.70. The van der Waals surface area contributed by atoms with Gasteiger partial charge < -0.3 is 15.4 Å². The number of pyridine rings is 1. The fourth-order valence-electron chi connectivity index (χ4n) is 4.16. The van der Waals surface area contributed by atoms with Gasteiger partial charge in [0, 0.05) is 35.5 Å². The zero-order valence-electron chi connectivity index (χ0n) is 14.9. The van der Waals surface area contributed by atoms with Crippen molar-refractivity contribution in [3.8, 4) is 5.75 Å². The topological polar surface area (TPSA) is 46.2 Å². The van der Waals surface area contributed by atoms with Gasteiger partial charge in [-0.2, -0.15) is 0 Å². The van der Waals surface area contributed by atoms with E-state index in [9.17, 15) is 0 Å². The molecular weight excluding hydrogens is 354 g/mol. The van der Waals surface area contributed by atoms with Crippen LogP contribution in [0.25, 0.3) is 10.8 Å². The highest BCUT2D eigenvalue weighted by atomic mass is 32.1. The van der Waals surface area contributed by atoms with E-state index >= 15 is 0 Å². The van der Waals surface area contributed by atoms with Gasteiger partial charge in [-0.05, 0) is 55.1 Å². The number of hydrogen-bond acceptors (Lipinski definition) is 3. The van der Waals surface area contributed by atoms with E-state index in [0.717, 1.165) is 41.5 Å². The smallest absolute Gasteiger partial charge is 0.171 e. The zero-order valence-corrected chi connectivity index (χ0v) is 15.8. The Balaban J connectivity index is 1.39. The summed E-state index contributed by atoms with van der Waals surface area (Å²) in [7, 11) is 0. The largest absolute Gasteiger partial charge is 0.487 e. The van der Waals surface area contributed by atoms with Crippen LogP contribution in [0.3, 0.4) is 0 Å². The van der Waals surface area contributed by atoms with Crippen LogP contribution in [0.4, 0.5) is 5.69 Å². The van der Waals surface area contributed by atoms with Gasteiger partial charge in [-0.1, -0.05) is 30.3 Å². The summed E-state index contributed by atoms with van der Waals surface area (Å²) in [4.78, 5) is 4.24. The fraction of sp³-hybridized carbons (Fsp3) is 0.273. The van der Waals surface area contributed by atoms with E-state index in [1.165, 1.54) is 12.0 Å². The molecule has 136 valence electrons. The molecule has 1 atom stereocenters. The van der Waals surface area contributed by atoms with Crippen LogP contribution < -0.4 is 15.4 Å². The maximum Gasteiger partial charge on any atom is 0.171 e. The summed E-state index contributed by atoms with van der Waals surface area (Å²) in [5.41, 5.74) is 2.13. The van der Waals surface area contributed by atoms with Crippen LogP contribution in [0.15, 0.2) is 60.9 Å². The second kappa shape index (κ2) is 6.50. The number of benzene rings is 2. The number of para-hydroxylation sites is 1. The molecule has 0 amide bonds. The number of aromatic nitrogens is 1. The Morgan fingerprint density at radius 2 is 2.00 bits per heavy atom. The molecule has 0 bridgehead atoms. The van der Waals surface area contributed by atoms with Crippen LogP contribution in [0.2, 0.25) is 0 Å². The van der Waals surface area contributed by atoms with Crippen molar-refractivity contribution in [2.45, 2.75) is 37.3 Å². The van der Waals surface area contributed by atoms with Crippen molar-refractivity contribution >= 4 is 33.8 Å². The van der Waals surface area contributed by atoms with E-state index in [1.54, 1.807) is 6.20 Å². The van der Waals surface area contributed by atoms with Crippen LogP contribution in [0.1, 0.15) is 37.3 Å². The Bertz CT molecular complexity index is 1010. The molecule has 5 rings (SSSR count). The summed E-state index contributed by atoms with van der Waals surface area (Å²) < 4.78 is 6.33. The van der Waals surface area contributed by atoms with Crippen LogP contribution in [-0.4, -0.2) is 15.7 Å². The van der Waals surface area contributed by atoms with Crippen molar-refractivity contribution < 1.29 is 4.74 Å². The van der Waals surface area contributed by atoms with Gasteiger partial charge in [0.2, 0.25) is 0 Å². The van der Waals surface area contributed by atoms with Gasteiger partial charge in [0.05, 0.1) is 6.04 Å². The van der Waals surface area contributed by atoms with Crippen molar-refractivity contribution in [1.82, 2.24) is 10.3 Å². The van der Waals surface area contributed by atoms with Gasteiger partial charge in [0.15, 0.2) is 5.11 Å². The Hall–Kier alpha value is -2.66. The summed E-state index contributed by atoms with van der Waals surface area (Å²) >= 11 is 5.65. The molecule has 1 fully saturated rings. The van der Waals surface area contributed by atoms with Gasteiger partial charge >= 0.3 is 0 Å². The van der Waals surface area contributed by atoms with Crippen molar-refractivity contribution in [2.75, 3.05) is 5.32 Å². The number of hydrogen-bond donors (Lipinski definition) is 2. The molecule has 1 unspecified atom stereocenters. The number of anilines is 1. The first-order chi connectivity index (χ1) is 13.2. The van der Waals surface area contributed by atoms with E-state index < -0.39 is 0 Å². The summed E-state index contributed by atoms with van der Waals surface area (Å²) in [6.07, 6.45) is 8.10. The average molecular weight is 375 g/mol. The normalized spacial score (nSPS) is 19.6. The van der Waals surface area contributed by atoms with E-state index in [1.807, 2.05) is 30.5 Å². The van der Waals surface area contributed by atoms with E-state index in [-0.39, 0.29) is 11.6 Å². The lowest BCUT2D eigenvalue weighted by Crippen LogP contribution is -2.50. The summed E-state index contributed by atoms with van der Waals surface area (Å²) in [6, 6.07) is 16.6. The molecule has 1 aromatic heterocycles. The molecule has 1 aliphatic carbocycles. The van der Waals surface area contributed by atoms with Gasteiger partial charge in [0.25, 0.3) is 0 Å². The SMILES string of the molecule is S=C(Nc1cccc2ccncc12)NC1CC2(CCC2)Oc2ccccc21. The molecule has 3 aromatic rings. The number of rotatable bonds is 2. The zero-order chi connectivity index (χ0) is 18.3. The standard InChI is InChI=1S/C22H21N3OS/c27-21(24-18-7-3-5-15-9-12-23-14-17(15)18)25-19-13-22(10-4-11-22)26-20-8-2-1-6-16(19)20/h1-3,5-9,12,14,19H,4,10-11,13H2,(H2,24,25,27). The van der Waals surface area contributed by atoms with Gasteiger partial charge in [-0.15, -0.1) is 0 Å². The third-order valence-corrected chi connectivity index (χ3v) is 5.92. The second-order valence-electron chi connectivity index (χ2n) is 7.43. The van der Waals surface area contributed by atoms with Gasteiger partial charge in [-0.3, -0.25) is 4.98 Å². The van der Waals surface area contributed by atoms with Crippen LogP contribution in [-0.2, 0) is 0 Å². The van der Waals surface area contributed by atoms with Crippen LogP contribution in [0.5, 0.6) is 5.75 Å². The predicted molar refractivity (Wildman–Crippen MR) is 112 cm³/mol. The van der Waals surface area contributed by atoms with Crippen molar-refractivity contribution in [2.24, 2.45) is 0 Å². The van der Waals surface area contributed by atoms with E-state index in [0.29, 0.717) is 5.11 Å². The van der Waals surface area contributed by atoms with E-state index in [4.69, 9.17) is 17.0 Å². The molecule has 1 spiro atoms. The summed E-state index contributed by atoms with van der Waals surface area (Å²) in [5, 5.41) is 9.73. The lowest BCUT2D eigenvalue weighted by Gasteiger charge is -2.48. The highest BCUT2D eigenvalue weighted by molar-refractivity contribution is 7.80. The number of thiocarbonyl (C=S) groups is 1. The minimum Gasteiger partial charge on any atom is -0.487 e. The monoisotopic (exact) mass is 375 g/mol. The molecule has 5 heteroatoms. The molecule has 4 nitrogen and oxygen atoms in total. The molecule has 2 heterocycles. The maximum atomic E-state index is 6.33. The highest BCUT2D eigenvalue weighted by Gasteiger charge is 2.45. The fourth-order valence-corrected chi connectivity index (χ4v) is 4.42. The number of ether oxygens (including phenoxy) is 1. The van der Waals surface area contributed by atoms with Crippen molar-refractivity contribution in [3.63, 3.8) is 0 Å². The van der Waals surface area contributed by atoms with Crippen molar-refractivity contribution in [3.05, 3.63) is 66.5 Å². The molecule has 1 saturated carbocycles. The maximum absolute atomic E-state index is 6.33. The van der Waals surface area contributed by atoms with Gasteiger partial charge in [0.1, 0.15) is 11.4 Å². The molecule has 2 aromatic carbocycles.